The summed E-state index contributed by atoms with van der Waals surface area (Å²) in [5.74, 6) is 1.13. The predicted molar refractivity (Wildman–Crippen MR) is 79.8 cm³/mol. The molecule has 102 valence electrons. The largest absolute Gasteiger partial charge is 0.382 e. The Morgan fingerprint density at radius 2 is 2.47 bits per heavy atom. The Morgan fingerprint density at radius 3 is 3.16 bits per heavy atom. The number of aromatic nitrogens is 2. The third-order valence-electron chi connectivity index (χ3n) is 3.17. The van der Waals surface area contributed by atoms with Gasteiger partial charge in [-0.1, -0.05) is 0 Å². The molecule has 0 amide bonds. The first-order chi connectivity index (χ1) is 9.24. The van der Waals surface area contributed by atoms with E-state index < -0.39 is 0 Å². The third-order valence-corrected chi connectivity index (χ3v) is 4.76. The van der Waals surface area contributed by atoms with E-state index in [2.05, 4.69) is 14.7 Å². The number of thiazole rings is 1. The summed E-state index contributed by atoms with van der Waals surface area (Å²) in [4.78, 5) is 4.49. The number of hydrogen-bond donors (Lipinski definition) is 2. The fourth-order valence-corrected chi connectivity index (χ4v) is 3.46. The number of anilines is 2. The van der Waals surface area contributed by atoms with Gasteiger partial charge in [0, 0.05) is 24.4 Å². The number of aryl methyl sites for hydroxylation is 1. The standard InChI is InChI=1S/C12H16N4OS2/c1-7-15-9(6-18-7)10-11(13)16-19-12(10)14-4-8-2-3-17-5-8/h6,8,14H,2-5H2,1H3,(H2,13,16). The number of rotatable bonds is 4. The minimum atomic E-state index is 0.556. The molecule has 2 aromatic heterocycles. The summed E-state index contributed by atoms with van der Waals surface area (Å²) in [5, 5.41) is 7.52. The molecule has 1 saturated heterocycles. The van der Waals surface area contributed by atoms with Crippen molar-refractivity contribution in [3.05, 3.63) is 10.4 Å². The summed E-state index contributed by atoms with van der Waals surface area (Å²) in [6.07, 6.45) is 1.12. The van der Waals surface area contributed by atoms with Crippen molar-refractivity contribution < 1.29 is 4.74 Å². The fraction of sp³-hybridized carbons (Fsp3) is 0.500. The first-order valence-electron chi connectivity index (χ1n) is 6.23. The molecule has 7 heteroatoms. The first kappa shape index (κ1) is 12.8. The van der Waals surface area contributed by atoms with Crippen molar-refractivity contribution in [3.63, 3.8) is 0 Å². The number of hydrogen-bond acceptors (Lipinski definition) is 7. The van der Waals surface area contributed by atoms with Crippen molar-refractivity contribution in [2.75, 3.05) is 30.8 Å². The zero-order valence-corrected chi connectivity index (χ0v) is 12.3. The van der Waals surface area contributed by atoms with Crippen LogP contribution in [0, 0.1) is 12.8 Å². The summed E-state index contributed by atoms with van der Waals surface area (Å²) in [5.41, 5.74) is 7.82. The second-order valence-corrected chi connectivity index (χ2v) is 6.47. The van der Waals surface area contributed by atoms with Crippen LogP contribution in [0.3, 0.4) is 0 Å². The number of nitrogens with one attached hydrogen (secondary N) is 1. The molecule has 1 aliphatic heterocycles. The zero-order valence-electron chi connectivity index (χ0n) is 10.7. The second-order valence-electron chi connectivity index (χ2n) is 4.63. The molecule has 1 unspecified atom stereocenters. The molecular formula is C12H16N4OS2. The molecule has 19 heavy (non-hydrogen) atoms. The molecule has 1 atom stereocenters. The highest BCUT2D eigenvalue weighted by Gasteiger charge is 2.19. The van der Waals surface area contributed by atoms with Crippen molar-refractivity contribution in [1.82, 2.24) is 9.36 Å². The number of nitrogens with two attached hydrogens (primary N) is 1. The maximum Gasteiger partial charge on any atom is 0.148 e. The van der Waals surface area contributed by atoms with Gasteiger partial charge in [-0.3, -0.25) is 0 Å². The summed E-state index contributed by atoms with van der Waals surface area (Å²) in [6, 6.07) is 0. The van der Waals surface area contributed by atoms with Gasteiger partial charge in [-0.25, -0.2) is 4.98 Å². The maximum absolute atomic E-state index is 5.97. The van der Waals surface area contributed by atoms with Gasteiger partial charge in [0.15, 0.2) is 0 Å². The van der Waals surface area contributed by atoms with Crippen LogP contribution in [-0.4, -0.2) is 29.1 Å². The number of nitrogen functional groups attached to an aromatic ring is 1. The lowest BCUT2D eigenvalue weighted by Crippen LogP contribution is -2.13. The van der Waals surface area contributed by atoms with Crippen LogP contribution in [0.1, 0.15) is 11.4 Å². The van der Waals surface area contributed by atoms with E-state index in [1.807, 2.05) is 12.3 Å². The summed E-state index contributed by atoms with van der Waals surface area (Å²) >= 11 is 3.03. The monoisotopic (exact) mass is 296 g/mol. The molecule has 3 N–H and O–H groups in total. The van der Waals surface area contributed by atoms with Gasteiger partial charge in [0.25, 0.3) is 0 Å². The molecule has 5 nitrogen and oxygen atoms in total. The molecule has 3 rings (SSSR count). The minimum absolute atomic E-state index is 0.556. The lowest BCUT2D eigenvalue weighted by molar-refractivity contribution is 0.187. The number of nitrogens with zero attached hydrogens (tertiary/aromatic N) is 2. The molecule has 1 aliphatic rings. The highest BCUT2D eigenvalue weighted by atomic mass is 32.1. The van der Waals surface area contributed by atoms with Crippen molar-refractivity contribution in [2.45, 2.75) is 13.3 Å². The normalized spacial score (nSPS) is 18.9. The summed E-state index contributed by atoms with van der Waals surface area (Å²) in [6.45, 7) is 4.60. The molecular weight excluding hydrogens is 280 g/mol. The molecule has 1 fully saturated rings. The van der Waals surface area contributed by atoms with E-state index in [-0.39, 0.29) is 0 Å². The smallest absolute Gasteiger partial charge is 0.148 e. The quantitative estimate of drug-likeness (QED) is 0.907. The fourth-order valence-electron chi connectivity index (χ4n) is 2.13. The van der Waals surface area contributed by atoms with E-state index in [1.165, 1.54) is 11.5 Å². The molecule has 0 radical (unpaired) electrons. The van der Waals surface area contributed by atoms with E-state index in [0.717, 1.165) is 47.4 Å². The van der Waals surface area contributed by atoms with Crippen LogP contribution in [-0.2, 0) is 4.74 Å². The predicted octanol–water partition coefficient (Wildman–Crippen LogP) is 2.61. The van der Waals surface area contributed by atoms with Crippen molar-refractivity contribution >= 4 is 33.7 Å². The average molecular weight is 296 g/mol. The van der Waals surface area contributed by atoms with Crippen LogP contribution in [0.5, 0.6) is 0 Å². The van der Waals surface area contributed by atoms with Crippen molar-refractivity contribution in [3.8, 4) is 11.3 Å². The van der Waals surface area contributed by atoms with Gasteiger partial charge in [-0.05, 0) is 24.9 Å². The Hall–Kier alpha value is -1.18. The zero-order chi connectivity index (χ0) is 13.2. The Morgan fingerprint density at radius 1 is 1.58 bits per heavy atom. The molecule has 0 aliphatic carbocycles. The van der Waals surface area contributed by atoms with E-state index >= 15 is 0 Å². The Balaban J connectivity index is 1.78. The minimum Gasteiger partial charge on any atom is -0.382 e. The van der Waals surface area contributed by atoms with E-state index in [9.17, 15) is 0 Å². The Kier molecular flexibility index (Phi) is 3.67. The second kappa shape index (κ2) is 5.44. The topological polar surface area (TPSA) is 73.1 Å². The van der Waals surface area contributed by atoms with Crippen LogP contribution in [0.4, 0.5) is 10.8 Å². The Bertz CT molecular complexity index is 560. The third kappa shape index (κ3) is 2.72. The van der Waals surface area contributed by atoms with Gasteiger partial charge in [0.05, 0.1) is 22.9 Å². The lowest BCUT2D eigenvalue weighted by Gasteiger charge is -2.09. The van der Waals surface area contributed by atoms with Gasteiger partial charge < -0.3 is 15.8 Å². The first-order valence-corrected chi connectivity index (χ1v) is 7.88. The molecule has 0 saturated carbocycles. The Labute approximate surface area is 120 Å². The summed E-state index contributed by atoms with van der Waals surface area (Å²) in [7, 11) is 0. The van der Waals surface area contributed by atoms with Gasteiger partial charge in [-0.2, -0.15) is 4.37 Å². The van der Waals surface area contributed by atoms with Crippen molar-refractivity contribution in [2.24, 2.45) is 5.92 Å². The van der Waals surface area contributed by atoms with Crippen LogP contribution in [0.15, 0.2) is 5.38 Å². The van der Waals surface area contributed by atoms with Gasteiger partial charge >= 0.3 is 0 Å². The molecule has 0 spiro atoms. The highest BCUT2D eigenvalue weighted by molar-refractivity contribution is 7.11. The maximum atomic E-state index is 5.97. The SMILES string of the molecule is Cc1nc(-c2c(N)nsc2NCC2CCOC2)cs1. The van der Waals surface area contributed by atoms with Crippen LogP contribution < -0.4 is 11.1 Å². The molecule has 2 aromatic rings. The average Bonchev–Trinajstić information content (AvgIpc) is 3.08. The van der Waals surface area contributed by atoms with Crippen LogP contribution in [0.25, 0.3) is 11.3 Å². The van der Waals surface area contributed by atoms with Crippen LogP contribution in [0.2, 0.25) is 0 Å². The lowest BCUT2D eigenvalue weighted by atomic mass is 10.1. The van der Waals surface area contributed by atoms with Crippen molar-refractivity contribution in [1.29, 1.82) is 0 Å². The van der Waals surface area contributed by atoms with Gasteiger partial charge in [0.1, 0.15) is 10.8 Å². The van der Waals surface area contributed by atoms with E-state index in [0.29, 0.717) is 11.7 Å². The highest BCUT2D eigenvalue weighted by Crippen LogP contribution is 2.37. The molecule has 0 bridgehead atoms. The van der Waals surface area contributed by atoms with Crippen LogP contribution >= 0.6 is 22.9 Å². The van der Waals surface area contributed by atoms with Gasteiger partial charge in [-0.15, -0.1) is 11.3 Å². The van der Waals surface area contributed by atoms with Gasteiger partial charge in [0.2, 0.25) is 0 Å². The summed E-state index contributed by atoms with van der Waals surface area (Å²) < 4.78 is 9.62. The van der Waals surface area contributed by atoms with E-state index in [4.69, 9.17) is 10.5 Å². The molecule has 0 aromatic carbocycles. The van der Waals surface area contributed by atoms with E-state index in [1.54, 1.807) is 11.3 Å². The number of ether oxygens (including phenoxy) is 1. The molecule has 3 heterocycles.